The molecule has 3 unspecified atom stereocenters. The van der Waals surface area contributed by atoms with Crippen LogP contribution in [0.2, 0.25) is 0 Å². The van der Waals surface area contributed by atoms with Gasteiger partial charge in [-0.15, -0.1) is 0 Å². The summed E-state index contributed by atoms with van der Waals surface area (Å²) in [4.78, 5) is 39.4. The molecule has 0 bridgehead atoms. The van der Waals surface area contributed by atoms with Gasteiger partial charge in [-0.1, -0.05) is 0 Å². The average molecular weight is 600 g/mol. The number of Topliss-reactive ketones (excluding diaryl/α,β-unsaturated/α-hetero) is 2. The molecule has 0 amide bonds. The van der Waals surface area contributed by atoms with Crippen LogP contribution in [0.1, 0.15) is 54.4 Å². The standard InChI is InChI=1S/C27H37IO7/c1-24(2,35)10-9-16(29)22(33)21-18(31)13-28-19-8-7-14-15(11-17(30)23(34)25(14,3)4)27(19,6)20(32)12-26(21,28)5/h7,9-11,15,18-19,21-22,30-31,33,35H,8,12-13H2,1-6H3/b10-9+/t15?,18?,19-,21?,22+,26-,27+/m1/s1. The first kappa shape index (κ1) is 26.7. The first-order valence-corrected chi connectivity index (χ1v) is 16.0. The van der Waals surface area contributed by atoms with Crippen molar-refractivity contribution < 1.29 is 34.8 Å². The minimum atomic E-state index is -2.19. The molecular formula is C27H37IO7. The van der Waals surface area contributed by atoms with E-state index in [1.165, 1.54) is 19.9 Å². The Bertz CT molecular complexity index is 1060. The van der Waals surface area contributed by atoms with E-state index < -0.39 is 63.6 Å². The second-order valence-corrected chi connectivity index (χ2v) is 19.1. The molecule has 35 heavy (non-hydrogen) atoms. The molecule has 7 nitrogen and oxygen atoms in total. The summed E-state index contributed by atoms with van der Waals surface area (Å²) in [7, 11) is 0. The van der Waals surface area contributed by atoms with Crippen LogP contribution in [-0.2, 0) is 14.4 Å². The van der Waals surface area contributed by atoms with Crippen LogP contribution in [0.5, 0.6) is 0 Å². The van der Waals surface area contributed by atoms with Gasteiger partial charge in [0.25, 0.3) is 0 Å². The van der Waals surface area contributed by atoms with Crippen molar-refractivity contribution in [3.8, 4) is 0 Å². The van der Waals surface area contributed by atoms with Crippen LogP contribution in [0.15, 0.2) is 35.6 Å². The Morgan fingerprint density at radius 3 is 2.46 bits per heavy atom. The van der Waals surface area contributed by atoms with Crippen molar-refractivity contribution in [3.05, 3.63) is 35.6 Å². The van der Waals surface area contributed by atoms with Crippen molar-refractivity contribution in [1.82, 2.24) is 0 Å². The van der Waals surface area contributed by atoms with Gasteiger partial charge < -0.3 is 0 Å². The van der Waals surface area contributed by atoms with Gasteiger partial charge in [0.15, 0.2) is 0 Å². The van der Waals surface area contributed by atoms with Crippen molar-refractivity contribution in [1.29, 1.82) is 0 Å². The quantitative estimate of drug-likeness (QED) is 0.169. The first-order valence-electron chi connectivity index (χ1n) is 12.1. The van der Waals surface area contributed by atoms with Crippen LogP contribution in [0.4, 0.5) is 0 Å². The summed E-state index contributed by atoms with van der Waals surface area (Å²) >= 11 is -2.19. The summed E-state index contributed by atoms with van der Waals surface area (Å²) < 4.78 is -0.153. The molecule has 4 aliphatic rings. The van der Waals surface area contributed by atoms with Crippen LogP contribution in [0.25, 0.3) is 0 Å². The molecule has 4 N–H and O–H groups in total. The van der Waals surface area contributed by atoms with Crippen LogP contribution in [0, 0.1) is 22.7 Å². The second-order valence-electron chi connectivity index (χ2n) is 12.0. The van der Waals surface area contributed by atoms with Gasteiger partial charge in [0.2, 0.25) is 0 Å². The third-order valence-corrected chi connectivity index (χ3v) is 18.5. The number of aliphatic hydroxyl groups is 4. The fourth-order valence-electron chi connectivity index (χ4n) is 6.66. The molecule has 194 valence electrons. The molecule has 0 spiro atoms. The van der Waals surface area contributed by atoms with Gasteiger partial charge in [0.1, 0.15) is 0 Å². The molecule has 0 saturated carbocycles. The van der Waals surface area contributed by atoms with Crippen molar-refractivity contribution in [3.63, 3.8) is 0 Å². The van der Waals surface area contributed by atoms with Crippen molar-refractivity contribution in [2.45, 2.75) is 79.5 Å². The van der Waals surface area contributed by atoms with Gasteiger partial charge in [-0.3, -0.25) is 0 Å². The van der Waals surface area contributed by atoms with Crippen molar-refractivity contribution in [2.75, 3.05) is 4.43 Å². The number of rotatable bonds is 4. The van der Waals surface area contributed by atoms with Gasteiger partial charge in [-0.05, 0) is 0 Å². The predicted octanol–water partition coefficient (Wildman–Crippen LogP) is 2.84. The monoisotopic (exact) mass is 600 g/mol. The first-order chi connectivity index (χ1) is 16.0. The third-order valence-electron chi connectivity index (χ3n) is 8.72. The van der Waals surface area contributed by atoms with E-state index in [1.54, 1.807) is 19.9 Å². The third kappa shape index (κ3) is 3.90. The maximum absolute atomic E-state index is 14.0. The normalized spacial score (nSPS) is 40.5. The molecular weight excluding hydrogens is 563 g/mol. The fourth-order valence-corrected chi connectivity index (χ4v) is 17.2. The number of ketones is 3. The van der Waals surface area contributed by atoms with Crippen molar-refractivity contribution in [2.24, 2.45) is 22.7 Å². The van der Waals surface area contributed by atoms with Gasteiger partial charge in [-0.2, -0.15) is 0 Å². The van der Waals surface area contributed by atoms with E-state index >= 15 is 0 Å². The number of halogens is 1. The van der Waals surface area contributed by atoms with Crippen LogP contribution in [-0.4, -0.2) is 67.4 Å². The summed E-state index contributed by atoms with van der Waals surface area (Å²) in [6.45, 7) is 10.5. The maximum atomic E-state index is 14.0. The van der Waals surface area contributed by atoms with Crippen LogP contribution in [0.3, 0.4) is 0 Å². The van der Waals surface area contributed by atoms with E-state index in [2.05, 4.69) is 6.08 Å². The Labute approximate surface area is 213 Å². The Morgan fingerprint density at radius 1 is 1.23 bits per heavy atom. The molecule has 2 aliphatic heterocycles. The number of carbonyl (C=O) groups excluding carboxylic acids is 3. The van der Waals surface area contributed by atoms with Crippen LogP contribution < -0.4 is 0 Å². The summed E-state index contributed by atoms with van der Waals surface area (Å²) in [5.41, 5.74) is -2.04. The molecule has 7 atom stereocenters. The minimum absolute atomic E-state index is 0.00543. The van der Waals surface area contributed by atoms with Gasteiger partial charge >= 0.3 is 214 Å². The molecule has 4 rings (SSSR count). The number of fused-ring (bicyclic) bond motifs is 5. The number of carbonyl (C=O) groups is 3. The van der Waals surface area contributed by atoms with E-state index in [1.807, 2.05) is 13.8 Å². The molecule has 2 aliphatic carbocycles. The average Bonchev–Trinajstić information content (AvgIpc) is 3.00. The van der Waals surface area contributed by atoms with Gasteiger partial charge in [0, 0.05) is 0 Å². The molecule has 0 aromatic rings. The molecule has 0 aromatic carbocycles. The summed E-state index contributed by atoms with van der Waals surface area (Å²) in [6.07, 6.45) is 4.50. The molecule has 2 heterocycles. The molecule has 0 radical (unpaired) electrons. The topological polar surface area (TPSA) is 132 Å². The van der Waals surface area contributed by atoms with E-state index in [9.17, 15) is 34.8 Å². The Morgan fingerprint density at radius 2 is 1.86 bits per heavy atom. The summed E-state index contributed by atoms with van der Waals surface area (Å²) in [5.74, 6) is -2.37. The van der Waals surface area contributed by atoms with Crippen LogP contribution >= 0.6 is 19.8 Å². The second kappa shape index (κ2) is 8.33. The zero-order valence-electron chi connectivity index (χ0n) is 21.2. The molecule has 2 saturated heterocycles. The predicted molar refractivity (Wildman–Crippen MR) is 140 cm³/mol. The van der Waals surface area contributed by atoms with Gasteiger partial charge in [0.05, 0.1) is 0 Å². The van der Waals surface area contributed by atoms with E-state index in [-0.39, 0.29) is 33.6 Å². The van der Waals surface area contributed by atoms with E-state index in [4.69, 9.17) is 0 Å². The fraction of sp³-hybridized carbons (Fsp3) is 0.667. The number of hydrogen-bond acceptors (Lipinski definition) is 7. The van der Waals surface area contributed by atoms with Crippen molar-refractivity contribution >= 4 is 37.2 Å². The van der Waals surface area contributed by atoms with E-state index in [0.717, 1.165) is 11.6 Å². The molecule has 0 aromatic heterocycles. The number of alkyl halides is 3. The zero-order valence-corrected chi connectivity index (χ0v) is 23.4. The van der Waals surface area contributed by atoms with E-state index in [0.29, 0.717) is 10.8 Å². The summed E-state index contributed by atoms with van der Waals surface area (Å²) in [6, 6.07) is 0. The number of hydrogen-bond donors (Lipinski definition) is 4. The Balaban J connectivity index is 1.73. The van der Waals surface area contributed by atoms with Gasteiger partial charge in [-0.25, -0.2) is 0 Å². The number of aliphatic hydroxyl groups excluding tert-OH is 3. The Hall–Kier alpha value is -1.36. The zero-order chi connectivity index (χ0) is 26.3. The number of allylic oxidation sites excluding steroid dienone is 4. The molecule has 8 heteroatoms. The Kier molecular flexibility index (Phi) is 6.35. The molecule has 2 fully saturated rings. The SMILES string of the molecule is CC(C)(O)/C=C/C(=O)[C@H](O)C1C(O)CI2[C@@H]3CC=C4C(C=C(O)C(=O)C4(C)C)[C@]3(C)C(=O)C[C@]12C. The summed E-state index contributed by atoms with van der Waals surface area (Å²) in [5, 5.41) is 42.5.